The van der Waals surface area contributed by atoms with Crippen LogP contribution in [0.25, 0.3) is 12.2 Å². The highest BCUT2D eigenvalue weighted by Gasteiger charge is 2.34. The van der Waals surface area contributed by atoms with Crippen LogP contribution in [0.2, 0.25) is 5.02 Å². The highest BCUT2D eigenvalue weighted by Crippen LogP contribution is 2.36. The molecule has 0 atom stereocenters. The minimum atomic E-state index is -4.66. The monoisotopic (exact) mass is 495 g/mol. The van der Waals surface area contributed by atoms with Crippen LogP contribution in [0, 0.1) is 5.82 Å². The van der Waals surface area contributed by atoms with Gasteiger partial charge in [0.05, 0.1) is 21.2 Å². The summed E-state index contributed by atoms with van der Waals surface area (Å²) in [5.41, 5.74) is 0.919. The maximum atomic E-state index is 14.0. The Balaban J connectivity index is 1.72. The summed E-state index contributed by atoms with van der Waals surface area (Å²) in [6.45, 7) is 0.137. The first-order chi connectivity index (χ1) is 15.6. The van der Waals surface area contributed by atoms with Crippen molar-refractivity contribution in [2.24, 2.45) is 0 Å². The summed E-state index contributed by atoms with van der Waals surface area (Å²) in [6, 6.07) is 13.2. The zero-order valence-electron chi connectivity index (χ0n) is 17.1. The van der Waals surface area contributed by atoms with Crippen LogP contribution in [0.4, 0.5) is 23.2 Å². The molecule has 1 aliphatic rings. The minimum absolute atomic E-state index is 0.137. The predicted molar refractivity (Wildman–Crippen MR) is 121 cm³/mol. The molecule has 3 aromatic rings. The summed E-state index contributed by atoms with van der Waals surface area (Å²) >= 11 is 6.05. The SMILES string of the molecule is O=S(=O)(c1cccc(C(F)(F)F)c1)N1CCCc2ccc(/C=C/c3c(F)cccc3Cl)cc21. The van der Waals surface area contributed by atoms with Crippen molar-refractivity contribution in [1.82, 2.24) is 0 Å². The van der Waals surface area contributed by atoms with Crippen molar-refractivity contribution in [3.05, 3.63) is 93.8 Å². The Hall–Kier alpha value is -2.84. The highest BCUT2D eigenvalue weighted by atomic mass is 35.5. The van der Waals surface area contributed by atoms with E-state index >= 15 is 0 Å². The van der Waals surface area contributed by atoms with Crippen LogP contribution in [-0.2, 0) is 22.6 Å². The lowest BCUT2D eigenvalue weighted by Crippen LogP contribution is -2.35. The van der Waals surface area contributed by atoms with Crippen molar-refractivity contribution in [3.8, 4) is 0 Å². The van der Waals surface area contributed by atoms with Crippen molar-refractivity contribution >= 4 is 39.5 Å². The van der Waals surface area contributed by atoms with Crippen molar-refractivity contribution in [2.45, 2.75) is 23.9 Å². The molecule has 33 heavy (non-hydrogen) atoms. The number of halogens is 5. The van der Waals surface area contributed by atoms with Gasteiger partial charge in [-0.1, -0.05) is 41.9 Å². The van der Waals surface area contributed by atoms with E-state index in [4.69, 9.17) is 11.6 Å². The van der Waals surface area contributed by atoms with Gasteiger partial charge >= 0.3 is 6.18 Å². The normalized spacial score (nSPS) is 14.5. The third-order valence-electron chi connectivity index (χ3n) is 5.38. The van der Waals surface area contributed by atoms with Gasteiger partial charge in [0.15, 0.2) is 0 Å². The summed E-state index contributed by atoms with van der Waals surface area (Å²) in [4.78, 5) is -0.427. The first-order valence-electron chi connectivity index (χ1n) is 10.0. The van der Waals surface area contributed by atoms with Crippen molar-refractivity contribution in [1.29, 1.82) is 0 Å². The van der Waals surface area contributed by atoms with Gasteiger partial charge in [-0.05, 0) is 66.4 Å². The van der Waals surface area contributed by atoms with E-state index in [1.807, 2.05) is 0 Å². The maximum absolute atomic E-state index is 14.0. The number of hydrogen-bond acceptors (Lipinski definition) is 2. The maximum Gasteiger partial charge on any atom is 0.416 e. The Kier molecular flexibility index (Phi) is 6.24. The van der Waals surface area contributed by atoms with Gasteiger partial charge in [-0.3, -0.25) is 4.31 Å². The summed E-state index contributed by atoms with van der Waals surface area (Å²) in [5, 5.41) is 0.234. The zero-order chi connectivity index (χ0) is 23.8. The molecule has 0 aromatic heterocycles. The van der Waals surface area contributed by atoms with Crippen LogP contribution in [0.3, 0.4) is 0 Å². The van der Waals surface area contributed by atoms with Gasteiger partial charge in [0.25, 0.3) is 10.0 Å². The second-order valence-electron chi connectivity index (χ2n) is 7.56. The average molecular weight is 496 g/mol. The van der Waals surface area contributed by atoms with Gasteiger partial charge in [-0.25, -0.2) is 12.8 Å². The highest BCUT2D eigenvalue weighted by molar-refractivity contribution is 7.92. The van der Waals surface area contributed by atoms with Gasteiger partial charge in [0.1, 0.15) is 5.82 Å². The molecule has 0 N–H and O–H groups in total. The lowest BCUT2D eigenvalue weighted by molar-refractivity contribution is -0.137. The molecule has 0 amide bonds. The van der Waals surface area contributed by atoms with Crippen LogP contribution in [0.15, 0.2) is 65.6 Å². The topological polar surface area (TPSA) is 37.4 Å². The van der Waals surface area contributed by atoms with Crippen LogP contribution in [0.5, 0.6) is 0 Å². The standard InChI is InChI=1S/C24H18ClF4NO2S/c25-21-7-2-8-22(26)20(21)12-10-16-9-11-17-4-3-13-30(23(17)14-16)33(31,32)19-6-1-5-18(15-19)24(27,28)29/h1-2,5-12,14-15H,3-4,13H2/b12-10+. The molecule has 1 heterocycles. The van der Waals surface area contributed by atoms with E-state index in [0.717, 1.165) is 28.1 Å². The molecule has 0 bridgehead atoms. The van der Waals surface area contributed by atoms with Gasteiger partial charge in [-0.2, -0.15) is 13.2 Å². The smallest absolute Gasteiger partial charge is 0.266 e. The number of nitrogens with zero attached hydrogens (tertiary/aromatic N) is 1. The van der Waals surface area contributed by atoms with Gasteiger partial charge in [0.2, 0.25) is 0 Å². The molecule has 0 spiro atoms. The number of benzene rings is 3. The van der Waals surface area contributed by atoms with E-state index in [-0.39, 0.29) is 17.1 Å². The molecule has 0 saturated carbocycles. The molecule has 172 valence electrons. The van der Waals surface area contributed by atoms with E-state index in [0.29, 0.717) is 30.2 Å². The summed E-state index contributed by atoms with van der Waals surface area (Å²) < 4.78 is 81.1. The molecule has 0 saturated heterocycles. The number of rotatable bonds is 4. The Morgan fingerprint density at radius 3 is 2.45 bits per heavy atom. The second-order valence-corrected chi connectivity index (χ2v) is 9.83. The molecule has 0 fully saturated rings. The molecule has 4 rings (SSSR count). The molecule has 1 aliphatic heterocycles. The average Bonchev–Trinajstić information content (AvgIpc) is 2.77. The third kappa shape index (κ3) is 4.77. The number of fused-ring (bicyclic) bond motifs is 1. The summed E-state index contributed by atoms with van der Waals surface area (Å²) in [7, 11) is -4.23. The van der Waals surface area contributed by atoms with Gasteiger partial charge in [0, 0.05) is 12.1 Å². The molecule has 3 aromatic carbocycles. The van der Waals surface area contributed by atoms with E-state index in [1.165, 1.54) is 18.2 Å². The van der Waals surface area contributed by atoms with Crippen molar-refractivity contribution in [2.75, 3.05) is 10.8 Å². The number of alkyl halides is 3. The Labute approximate surface area is 194 Å². The van der Waals surface area contributed by atoms with Crippen molar-refractivity contribution < 1.29 is 26.0 Å². The summed E-state index contributed by atoms with van der Waals surface area (Å²) in [6.07, 6.45) is -0.391. The second kappa shape index (κ2) is 8.83. The molecular formula is C24H18ClF4NO2S. The number of hydrogen-bond donors (Lipinski definition) is 0. The molecule has 9 heteroatoms. The quantitative estimate of drug-likeness (QED) is 0.294. The largest absolute Gasteiger partial charge is 0.416 e. The van der Waals surface area contributed by atoms with Crippen molar-refractivity contribution in [3.63, 3.8) is 0 Å². The van der Waals surface area contributed by atoms with E-state index in [9.17, 15) is 26.0 Å². The fourth-order valence-corrected chi connectivity index (χ4v) is 5.53. The molecule has 0 unspecified atom stereocenters. The van der Waals surface area contributed by atoms with Gasteiger partial charge < -0.3 is 0 Å². The first-order valence-corrected chi connectivity index (χ1v) is 11.8. The fraction of sp³-hybridized carbons (Fsp3) is 0.167. The van der Waals surface area contributed by atoms with Crippen LogP contribution in [0.1, 0.15) is 28.7 Å². The van der Waals surface area contributed by atoms with E-state index in [2.05, 4.69) is 0 Å². The molecule has 0 radical (unpaired) electrons. The van der Waals surface area contributed by atoms with E-state index in [1.54, 1.807) is 30.3 Å². The zero-order valence-corrected chi connectivity index (χ0v) is 18.7. The predicted octanol–water partition coefficient (Wildman–Crippen LogP) is 6.81. The Morgan fingerprint density at radius 1 is 0.970 bits per heavy atom. The first kappa shape index (κ1) is 23.3. The number of sulfonamides is 1. The lowest BCUT2D eigenvalue weighted by Gasteiger charge is -2.31. The third-order valence-corrected chi connectivity index (χ3v) is 7.52. The lowest BCUT2D eigenvalue weighted by atomic mass is 10.0. The van der Waals surface area contributed by atoms with Crippen LogP contribution in [-0.4, -0.2) is 15.0 Å². The number of aryl methyl sites for hydroxylation is 1. The molecular weight excluding hydrogens is 478 g/mol. The molecule has 0 aliphatic carbocycles. The number of anilines is 1. The Morgan fingerprint density at radius 2 is 1.73 bits per heavy atom. The minimum Gasteiger partial charge on any atom is -0.266 e. The summed E-state index contributed by atoms with van der Waals surface area (Å²) in [5.74, 6) is -0.495. The van der Waals surface area contributed by atoms with Gasteiger partial charge in [-0.15, -0.1) is 0 Å². The van der Waals surface area contributed by atoms with E-state index < -0.39 is 32.5 Å². The molecule has 3 nitrogen and oxygen atoms in total. The van der Waals surface area contributed by atoms with Crippen LogP contribution < -0.4 is 4.31 Å². The fourth-order valence-electron chi connectivity index (χ4n) is 3.72. The van der Waals surface area contributed by atoms with Crippen LogP contribution >= 0.6 is 11.6 Å². The Bertz CT molecular complexity index is 1320.